The summed E-state index contributed by atoms with van der Waals surface area (Å²) in [6, 6.07) is 63.3. The molecular formula is C52H34N2. The second-order valence-corrected chi connectivity index (χ2v) is 14.8. The Labute approximate surface area is 313 Å². The molecule has 2 aliphatic rings. The van der Waals surface area contributed by atoms with Crippen molar-refractivity contribution in [2.45, 2.75) is 12.0 Å². The predicted molar refractivity (Wildman–Crippen MR) is 230 cm³/mol. The number of allylic oxidation sites excluding steroid dienone is 2. The zero-order chi connectivity index (χ0) is 35.3. The SMILES string of the molecule is C1=CC2c3cc(-c4ccc5c(c4)c4ccccc4n5-c4cc5ccccc5c5ccccc45)ccc3N(c3cc4ccccc4c4ccccc34)C2C=C1. The molecule has 0 fully saturated rings. The van der Waals surface area contributed by atoms with Crippen molar-refractivity contribution >= 4 is 76.3 Å². The van der Waals surface area contributed by atoms with Crippen LogP contribution in [0.5, 0.6) is 0 Å². The van der Waals surface area contributed by atoms with E-state index >= 15 is 0 Å². The second kappa shape index (κ2) is 11.3. The highest BCUT2D eigenvalue weighted by Crippen LogP contribution is 2.51. The highest BCUT2D eigenvalue weighted by Gasteiger charge is 2.38. The van der Waals surface area contributed by atoms with Crippen LogP contribution < -0.4 is 4.90 Å². The Hall–Kier alpha value is -6.90. The van der Waals surface area contributed by atoms with Gasteiger partial charge in [-0.1, -0.05) is 152 Å². The molecule has 0 N–H and O–H groups in total. The average Bonchev–Trinajstić information content (AvgIpc) is 3.75. The topological polar surface area (TPSA) is 8.17 Å². The summed E-state index contributed by atoms with van der Waals surface area (Å²) in [6.07, 6.45) is 9.20. The van der Waals surface area contributed by atoms with Crippen LogP contribution in [0, 0.1) is 0 Å². The summed E-state index contributed by atoms with van der Waals surface area (Å²) < 4.78 is 2.47. The van der Waals surface area contributed by atoms with E-state index in [2.05, 4.69) is 204 Å². The number of fused-ring (bicyclic) bond motifs is 12. The predicted octanol–water partition coefficient (Wildman–Crippen LogP) is 13.8. The van der Waals surface area contributed by atoms with Crippen molar-refractivity contribution in [3.05, 3.63) is 200 Å². The van der Waals surface area contributed by atoms with Gasteiger partial charge < -0.3 is 9.47 Å². The molecule has 2 heterocycles. The monoisotopic (exact) mass is 686 g/mol. The summed E-state index contributed by atoms with van der Waals surface area (Å²) in [4.78, 5) is 2.59. The summed E-state index contributed by atoms with van der Waals surface area (Å²) in [6.45, 7) is 0. The average molecular weight is 687 g/mol. The van der Waals surface area contributed by atoms with Crippen molar-refractivity contribution in [1.82, 2.24) is 4.57 Å². The molecule has 10 aromatic rings. The van der Waals surface area contributed by atoms with Crippen molar-refractivity contribution in [1.29, 1.82) is 0 Å². The van der Waals surface area contributed by atoms with Crippen molar-refractivity contribution in [2.24, 2.45) is 0 Å². The molecular weight excluding hydrogens is 653 g/mol. The van der Waals surface area contributed by atoms with Crippen LogP contribution in [0.1, 0.15) is 11.5 Å². The van der Waals surface area contributed by atoms with Crippen LogP contribution in [-0.4, -0.2) is 10.6 Å². The Kier molecular flexibility index (Phi) is 6.20. The maximum absolute atomic E-state index is 2.59. The zero-order valence-electron chi connectivity index (χ0n) is 29.5. The van der Waals surface area contributed by atoms with E-state index in [-0.39, 0.29) is 12.0 Å². The summed E-state index contributed by atoms with van der Waals surface area (Å²) in [5.74, 6) is 0.266. The van der Waals surface area contributed by atoms with Gasteiger partial charge in [-0.25, -0.2) is 0 Å². The Bertz CT molecular complexity index is 3250. The van der Waals surface area contributed by atoms with Crippen LogP contribution in [-0.2, 0) is 0 Å². The Morgan fingerprint density at radius 2 is 0.889 bits per heavy atom. The molecule has 0 radical (unpaired) electrons. The van der Waals surface area contributed by atoms with Crippen molar-refractivity contribution in [3.8, 4) is 16.8 Å². The maximum atomic E-state index is 2.59. The Balaban J connectivity index is 1.04. The van der Waals surface area contributed by atoms with Gasteiger partial charge >= 0.3 is 0 Å². The number of anilines is 2. The molecule has 54 heavy (non-hydrogen) atoms. The Morgan fingerprint density at radius 1 is 0.352 bits per heavy atom. The van der Waals surface area contributed by atoms with E-state index in [0.29, 0.717) is 0 Å². The number of hydrogen-bond donors (Lipinski definition) is 0. The van der Waals surface area contributed by atoms with Gasteiger partial charge in [0.25, 0.3) is 0 Å². The van der Waals surface area contributed by atoms with Gasteiger partial charge in [0.1, 0.15) is 0 Å². The number of aromatic nitrogens is 1. The van der Waals surface area contributed by atoms with Crippen LogP contribution in [0.2, 0.25) is 0 Å². The molecule has 252 valence electrons. The molecule has 1 aliphatic heterocycles. The van der Waals surface area contributed by atoms with Crippen molar-refractivity contribution in [2.75, 3.05) is 4.90 Å². The second-order valence-electron chi connectivity index (χ2n) is 14.8. The lowest BCUT2D eigenvalue weighted by molar-refractivity contribution is 0.746. The minimum Gasteiger partial charge on any atom is -0.333 e. The van der Waals surface area contributed by atoms with Crippen LogP contribution in [0.25, 0.3) is 81.7 Å². The third-order valence-electron chi connectivity index (χ3n) is 12.0. The highest BCUT2D eigenvalue weighted by atomic mass is 15.2. The minimum atomic E-state index is 0.210. The molecule has 12 rings (SSSR count). The molecule has 0 spiro atoms. The number of rotatable bonds is 3. The molecule has 1 aliphatic carbocycles. The largest absolute Gasteiger partial charge is 0.333 e. The number of nitrogens with zero attached hydrogens (tertiary/aromatic N) is 2. The highest BCUT2D eigenvalue weighted by molar-refractivity contribution is 6.16. The van der Waals surface area contributed by atoms with Gasteiger partial charge in [0, 0.05) is 33.2 Å². The van der Waals surface area contributed by atoms with E-state index in [1.165, 1.54) is 98.6 Å². The molecule has 9 aromatic carbocycles. The van der Waals surface area contributed by atoms with Gasteiger partial charge in [-0.2, -0.15) is 0 Å². The smallest absolute Gasteiger partial charge is 0.0629 e. The fraction of sp³-hybridized carbons (Fsp3) is 0.0385. The summed E-state index contributed by atoms with van der Waals surface area (Å²) in [5, 5.41) is 12.8. The fourth-order valence-electron chi connectivity index (χ4n) is 9.67. The molecule has 2 unspecified atom stereocenters. The molecule has 1 aromatic heterocycles. The van der Waals surface area contributed by atoms with Crippen LogP contribution in [0.4, 0.5) is 11.4 Å². The first-order chi connectivity index (χ1) is 26.8. The normalized spacial score (nSPS) is 16.3. The van der Waals surface area contributed by atoms with Crippen molar-refractivity contribution in [3.63, 3.8) is 0 Å². The molecule has 2 nitrogen and oxygen atoms in total. The van der Waals surface area contributed by atoms with Gasteiger partial charge in [-0.05, 0) is 91.5 Å². The third-order valence-corrected chi connectivity index (χ3v) is 12.0. The zero-order valence-corrected chi connectivity index (χ0v) is 29.5. The lowest BCUT2D eigenvalue weighted by atomic mass is 9.89. The number of para-hydroxylation sites is 1. The lowest BCUT2D eigenvalue weighted by Gasteiger charge is -2.30. The van der Waals surface area contributed by atoms with Crippen LogP contribution >= 0.6 is 0 Å². The summed E-state index contributed by atoms with van der Waals surface area (Å²) in [7, 11) is 0. The van der Waals surface area contributed by atoms with Gasteiger partial charge in [0.2, 0.25) is 0 Å². The van der Waals surface area contributed by atoms with Crippen molar-refractivity contribution < 1.29 is 0 Å². The van der Waals surface area contributed by atoms with Gasteiger partial charge in [0.05, 0.1) is 28.5 Å². The molecule has 0 saturated carbocycles. The van der Waals surface area contributed by atoms with E-state index in [4.69, 9.17) is 0 Å². The molecule has 2 atom stereocenters. The van der Waals surface area contributed by atoms with Gasteiger partial charge in [-0.15, -0.1) is 0 Å². The molecule has 0 saturated heterocycles. The van der Waals surface area contributed by atoms with Crippen LogP contribution in [0.15, 0.2) is 194 Å². The standard InChI is InChI=1S/C52H34N2/c1-3-15-37-35(13-1)31-51(41-19-7-5-17-39(37)41)53-47-23-11-9-21-43(47)45-29-33(25-27-49(45)53)34-26-28-50-46(30-34)44-22-10-12-24-48(44)54(50)52-32-36-14-2-4-16-38(36)40-18-6-8-20-42(40)52/h1-32,43,47H. The quantitative estimate of drug-likeness (QED) is 0.168. The van der Waals surface area contributed by atoms with Crippen LogP contribution in [0.3, 0.4) is 0 Å². The molecule has 0 bridgehead atoms. The molecule has 2 heteroatoms. The van der Waals surface area contributed by atoms with E-state index < -0.39 is 0 Å². The fourth-order valence-corrected chi connectivity index (χ4v) is 9.67. The summed E-state index contributed by atoms with van der Waals surface area (Å²) >= 11 is 0. The maximum Gasteiger partial charge on any atom is 0.0629 e. The van der Waals surface area contributed by atoms with Gasteiger partial charge in [-0.3, -0.25) is 0 Å². The van der Waals surface area contributed by atoms with E-state index in [9.17, 15) is 0 Å². The lowest BCUT2D eigenvalue weighted by Crippen LogP contribution is -2.28. The first-order valence-corrected chi connectivity index (χ1v) is 18.9. The number of benzene rings is 9. The minimum absolute atomic E-state index is 0.210. The third kappa shape index (κ3) is 4.17. The Morgan fingerprint density at radius 3 is 1.63 bits per heavy atom. The molecule has 0 amide bonds. The van der Waals surface area contributed by atoms with E-state index in [1.54, 1.807) is 0 Å². The first kappa shape index (κ1) is 29.7. The number of hydrogen-bond acceptors (Lipinski definition) is 1. The van der Waals surface area contributed by atoms with E-state index in [0.717, 1.165) is 0 Å². The first-order valence-electron chi connectivity index (χ1n) is 18.9. The van der Waals surface area contributed by atoms with E-state index in [1.807, 2.05) is 0 Å². The summed E-state index contributed by atoms with van der Waals surface area (Å²) in [5.41, 5.74) is 10.1. The van der Waals surface area contributed by atoms with Gasteiger partial charge in [0.15, 0.2) is 0 Å².